The Morgan fingerprint density at radius 2 is 2.00 bits per heavy atom. The van der Waals surface area contributed by atoms with Crippen LogP contribution < -0.4 is 0 Å². The van der Waals surface area contributed by atoms with Crippen LogP contribution in [-0.4, -0.2) is 34.8 Å². The number of hydrogen-bond donors (Lipinski definition) is 1. The monoisotopic (exact) mass is 457 g/mol. The highest BCUT2D eigenvalue weighted by atomic mass is 16.7. The van der Waals surface area contributed by atoms with E-state index >= 15 is 0 Å². The number of amides is 1. The first-order chi connectivity index (χ1) is 15.7. The lowest BCUT2D eigenvalue weighted by Crippen LogP contribution is -2.50. The molecule has 1 heterocycles. The molecule has 3 saturated carbocycles. The Morgan fingerprint density at radius 3 is 2.79 bits per heavy atom. The van der Waals surface area contributed by atoms with Crippen molar-refractivity contribution in [3.63, 3.8) is 0 Å². The van der Waals surface area contributed by atoms with Gasteiger partial charge >= 0.3 is 0 Å². The third-order valence-corrected chi connectivity index (χ3v) is 11.3. The minimum absolute atomic E-state index is 0.118. The van der Waals surface area contributed by atoms with Crippen LogP contribution in [0.25, 0.3) is 0 Å². The molecule has 4 nitrogen and oxygen atoms in total. The van der Waals surface area contributed by atoms with Gasteiger partial charge in [0.2, 0.25) is 5.91 Å². The van der Waals surface area contributed by atoms with Gasteiger partial charge in [0.25, 0.3) is 0 Å². The van der Waals surface area contributed by atoms with Gasteiger partial charge in [-0.3, -0.25) is 9.63 Å². The highest BCUT2D eigenvalue weighted by Crippen LogP contribution is 2.67. The van der Waals surface area contributed by atoms with E-state index in [4.69, 9.17) is 4.84 Å². The summed E-state index contributed by atoms with van der Waals surface area (Å²) in [5.74, 6) is 3.96. The van der Waals surface area contributed by atoms with Gasteiger partial charge in [-0.15, -0.1) is 0 Å². The van der Waals surface area contributed by atoms with Crippen molar-refractivity contribution in [2.75, 3.05) is 6.61 Å². The Balaban J connectivity index is 1.25. The summed E-state index contributed by atoms with van der Waals surface area (Å²) < 4.78 is 0. The van der Waals surface area contributed by atoms with Gasteiger partial charge in [0, 0.05) is 6.42 Å². The summed E-state index contributed by atoms with van der Waals surface area (Å²) in [6.45, 7) is 10.3. The SMILES string of the molecule is C[C@H](CCC(=O)N1OCCC[C@@H]1C)[C@H]1CC[C@H]2[C@@H]3CC=C4C[C@@H](O)CC[C@]4(C)[C@H]3CC[C@]12C. The van der Waals surface area contributed by atoms with E-state index < -0.39 is 0 Å². The zero-order valence-corrected chi connectivity index (χ0v) is 21.5. The van der Waals surface area contributed by atoms with Gasteiger partial charge in [-0.1, -0.05) is 32.4 Å². The van der Waals surface area contributed by atoms with Crippen LogP contribution in [-0.2, 0) is 9.63 Å². The number of carbonyl (C=O) groups is 1. The second-order valence-electron chi connectivity index (χ2n) is 12.9. The van der Waals surface area contributed by atoms with Crippen molar-refractivity contribution in [1.29, 1.82) is 0 Å². The molecule has 1 aliphatic heterocycles. The van der Waals surface area contributed by atoms with Crippen molar-refractivity contribution in [2.45, 2.75) is 117 Å². The summed E-state index contributed by atoms with van der Waals surface area (Å²) in [5, 5.41) is 11.9. The molecule has 33 heavy (non-hydrogen) atoms. The number of nitrogens with zero attached hydrogens (tertiary/aromatic N) is 1. The fourth-order valence-electron chi connectivity index (χ4n) is 9.38. The van der Waals surface area contributed by atoms with Crippen LogP contribution in [0.15, 0.2) is 11.6 Å². The quantitative estimate of drug-likeness (QED) is 0.505. The van der Waals surface area contributed by atoms with Gasteiger partial charge in [-0.25, -0.2) is 5.06 Å². The smallest absolute Gasteiger partial charge is 0.246 e. The van der Waals surface area contributed by atoms with Gasteiger partial charge in [0.1, 0.15) is 0 Å². The molecule has 0 radical (unpaired) electrons. The summed E-state index contributed by atoms with van der Waals surface area (Å²) in [6, 6.07) is 0.219. The highest BCUT2D eigenvalue weighted by Gasteiger charge is 2.59. The van der Waals surface area contributed by atoms with Gasteiger partial charge in [-0.05, 0) is 118 Å². The number of carbonyl (C=O) groups excluding carboxylic acids is 1. The van der Waals surface area contributed by atoms with Crippen LogP contribution in [0.1, 0.15) is 105 Å². The standard InChI is InChI=1S/C29H47NO3/c1-19(7-12-27(32)30-20(2)6-5-17-33-30)24-10-11-25-23-9-8-21-18-22(31)13-15-28(21,3)26(23)14-16-29(24,25)4/h8,19-20,22-26,31H,5-7,9-18H2,1-4H3/t19-,20+,22+,23+,24-,25+,26+,28+,29-/m1/s1. The van der Waals surface area contributed by atoms with Crippen molar-refractivity contribution >= 4 is 5.91 Å². The molecule has 5 rings (SSSR count). The van der Waals surface area contributed by atoms with Crippen molar-refractivity contribution in [3.05, 3.63) is 11.6 Å². The lowest BCUT2D eigenvalue weighted by Gasteiger charge is -2.58. The van der Waals surface area contributed by atoms with Crippen LogP contribution in [0.3, 0.4) is 0 Å². The van der Waals surface area contributed by atoms with Crippen LogP contribution in [0.4, 0.5) is 0 Å². The van der Waals surface area contributed by atoms with E-state index in [0.29, 0.717) is 29.8 Å². The Morgan fingerprint density at radius 1 is 1.18 bits per heavy atom. The molecule has 186 valence electrons. The first-order valence-electron chi connectivity index (χ1n) is 14.1. The molecule has 0 bridgehead atoms. The predicted octanol–water partition coefficient (Wildman–Crippen LogP) is 6.29. The van der Waals surface area contributed by atoms with E-state index in [0.717, 1.165) is 55.8 Å². The van der Waals surface area contributed by atoms with Crippen molar-refractivity contribution in [1.82, 2.24) is 5.06 Å². The second kappa shape index (κ2) is 8.97. The molecule has 5 aliphatic rings. The maximum absolute atomic E-state index is 12.8. The molecule has 0 aromatic carbocycles. The zero-order chi connectivity index (χ0) is 23.4. The van der Waals surface area contributed by atoms with E-state index in [1.165, 1.54) is 38.5 Å². The first kappa shape index (κ1) is 23.9. The van der Waals surface area contributed by atoms with E-state index in [1.54, 1.807) is 10.6 Å². The Hall–Kier alpha value is -0.870. The number of aliphatic hydroxyl groups excluding tert-OH is 1. The number of fused-ring (bicyclic) bond motifs is 5. The fourth-order valence-corrected chi connectivity index (χ4v) is 9.38. The summed E-state index contributed by atoms with van der Waals surface area (Å²) in [5.41, 5.74) is 2.32. The third-order valence-electron chi connectivity index (χ3n) is 11.3. The van der Waals surface area contributed by atoms with E-state index in [2.05, 4.69) is 33.8 Å². The molecule has 4 heteroatoms. The molecule has 1 amide bonds. The van der Waals surface area contributed by atoms with Gasteiger partial charge < -0.3 is 5.11 Å². The summed E-state index contributed by atoms with van der Waals surface area (Å²) in [7, 11) is 0. The fraction of sp³-hybridized carbons (Fsp3) is 0.897. The average molecular weight is 458 g/mol. The number of hydrogen-bond acceptors (Lipinski definition) is 3. The average Bonchev–Trinajstić information content (AvgIpc) is 3.15. The van der Waals surface area contributed by atoms with Crippen molar-refractivity contribution in [2.24, 2.45) is 40.4 Å². The topological polar surface area (TPSA) is 49.8 Å². The molecule has 0 spiro atoms. The maximum atomic E-state index is 12.8. The molecule has 4 fully saturated rings. The van der Waals surface area contributed by atoms with Crippen LogP contribution >= 0.6 is 0 Å². The van der Waals surface area contributed by atoms with Crippen LogP contribution in [0, 0.1) is 40.4 Å². The molecule has 4 aliphatic carbocycles. The minimum Gasteiger partial charge on any atom is -0.393 e. The molecule has 0 aromatic heterocycles. The molecule has 0 unspecified atom stereocenters. The largest absolute Gasteiger partial charge is 0.393 e. The Kier molecular flexibility index (Phi) is 6.48. The highest BCUT2D eigenvalue weighted by molar-refractivity contribution is 5.75. The Labute approximate surface area is 201 Å². The molecular weight excluding hydrogens is 410 g/mol. The van der Waals surface area contributed by atoms with Crippen LogP contribution in [0.2, 0.25) is 0 Å². The zero-order valence-electron chi connectivity index (χ0n) is 21.5. The number of aliphatic hydroxyl groups is 1. The lowest BCUT2D eigenvalue weighted by atomic mass is 9.47. The predicted molar refractivity (Wildman–Crippen MR) is 131 cm³/mol. The third kappa shape index (κ3) is 4.01. The van der Waals surface area contributed by atoms with Crippen molar-refractivity contribution < 1.29 is 14.7 Å². The number of rotatable bonds is 4. The second-order valence-corrected chi connectivity index (χ2v) is 12.9. The van der Waals surface area contributed by atoms with Gasteiger partial charge in [0.05, 0.1) is 18.8 Å². The van der Waals surface area contributed by atoms with Crippen molar-refractivity contribution in [3.8, 4) is 0 Å². The van der Waals surface area contributed by atoms with E-state index in [1.807, 2.05) is 0 Å². The number of allylic oxidation sites excluding steroid dienone is 1. The summed E-state index contributed by atoms with van der Waals surface area (Å²) in [6.07, 6.45) is 15.9. The Bertz CT molecular complexity index is 779. The first-order valence-corrected chi connectivity index (χ1v) is 14.1. The minimum atomic E-state index is -0.118. The number of hydroxylamine groups is 2. The lowest BCUT2D eigenvalue weighted by molar-refractivity contribution is -0.212. The molecule has 1 N–H and O–H groups in total. The van der Waals surface area contributed by atoms with Gasteiger partial charge in [0.15, 0.2) is 0 Å². The van der Waals surface area contributed by atoms with Gasteiger partial charge in [-0.2, -0.15) is 0 Å². The summed E-state index contributed by atoms with van der Waals surface area (Å²) in [4.78, 5) is 18.5. The molecular formula is C29H47NO3. The molecule has 1 saturated heterocycles. The van der Waals surface area contributed by atoms with Crippen LogP contribution in [0.5, 0.6) is 0 Å². The van der Waals surface area contributed by atoms with E-state index in [-0.39, 0.29) is 18.1 Å². The van der Waals surface area contributed by atoms with E-state index in [9.17, 15) is 9.90 Å². The summed E-state index contributed by atoms with van der Waals surface area (Å²) >= 11 is 0. The maximum Gasteiger partial charge on any atom is 0.246 e. The molecule has 9 atom stereocenters. The molecule has 0 aromatic rings. The normalized spacial score (nSPS) is 46.1.